The minimum absolute atomic E-state index is 0.140. The molecule has 1 aliphatic heterocycles. The van der Waals surface area contributed by atoms with Gasteiger partial charge in [0.1, 0.15) is 0 Å². The van der Waals surface area contributed by atoms with E-state index in [-0.39, 0.29) is 5.92 Å². The lowest BCUT2D eigenvalue weighted by molar-refractivity contribution is -0.142. The molecule has 0 aromatic carbocycles. The minimum Gasteiger partial charge on any atom is -0.481 e. The summed E-state index contributed by atoms with van der Waals surface area (Å²) in [6.07, 6.45) is 4.06. The molecule has 0 spiro atoms. The number of carboxylic acids is 1. The third kappa shape index (κ3) is 5.07. The first-order chi connectivity index (χ1) is 8.02. The van der Waals surface area contributed by atoms with E-state index in [0.717, 1.165) is 25.9 Å². The monoisotopic (exact) mass is 241 g/mol. The summed E-state index contributed by atoms with van der Waals surface area (Å²) in [6, 6.07) is 0. The third-order valence-electron chi connectivity index (χ3n) is 3.69. The van der Waals surface area contributed by atoms with E-state index in [1.165, 1.54) is 19.4 Å². The zero-order valence-electron chi connectivity index (χ0n) is 11.5. The molecule has 0 saturated carbocycles. The second-order valence-corrected chi connectivity index (χ2v) is 5.84. The van der Waals surface area contributed by atoms with Crippen LogP contribution < -0.4 is 0 Å². The van der Waals surface area contributed by atoms with Crippen molar-refractivity contribution in [2.75, 3.05) is 19.6 Å². The van der Waals surface area contributed by atoms with Gasteiger partial charge >= 0.3 is 5.97 Å². The van der Waals surface area contributed by atoms with Gasteiger partial charge in [0.25, 0.3) is 0 Å². The predicted molar refractivity (Wildman–Crippen MR) is 70.0 cm³/mol. The van der Waals surface area contributed by atoms with Crippen LogP contribution in [0.1, 0.15) is 46.5 Å². The molecule has 0 aliphatic carbocycles. The largest absolute Gasteiger partial charge is 0.481 e. The lowest BCUT2D eigenvalue weighted by atomic mass is 9.87. The number of likely N-dealkylation sites (tertiary alicyclic amines) is 1. The van der Waals surface area contributed by atoms with Crippen LogP contribution in [0.3, 0.4) is 0 Å². The number of nitrogens with zero attached hydrogens (tertiary/aromatic N) is 1. The molecular weight excluding hydrogens is 214 g/mol. The highest BCUT2D eigenvalue weighted by molar-refractivity contribution is 5.69. The molecule has 0 radical (unpaired) electrons. The highest BCUT2D eigenvalue weighted by Crippen LogP contribution is 2.25. The van der Waals surface area contributed by atoms with Gasteiger partial charge in [-0.3, -0.25) is 4.79 Å². The van der Waals surface area contributed by atoms with Gasteiger partial charge in [-0.1, -0.05) is 20.8 Å². The van der Waals surface area contributed by atoms with Crippen LogP contribution in [0, 0.1) is 17.8 Å². The molecule has 1 saturated heterocycles. The smallest absolute Gasteiger partial charge is 0.306 e. The summed E-state index contributed by atoms with van der Waals surface area (Å²) in [5.74, 6) is 0.534. The number of carbonyl (C=O) groups is 1. The van der Waals surface area contributed by atoms with E-state index in [0.29, 0.717) is 11.8 Å². The van der Waals surface area contributed by atoms with Crippen molar-refractivity contribution in [3.63, 3.8) is 0 Å². The summed E-state index contributed by atoms with van der Waals surface area (Å²) in [6.45, 7) is 9.92. The molecule has 0 bridgehead atoms. The Labute approximate surface area is 105 Å². The lowest BCUT2D eigenvalue weighted by Crippen LogP contribution is -2.38. The molecule has 1 N–H and O–H groups in total. The average molecular weight is 241 g/mol. The van der Waals surface area contributed by atoms with Crippen molar-refractivity contribution in [3.05, 3.63) is 0 Å². The first kappa shape index (κ1) is 14.5. The summed E-state index contributed by atoms with van der Waals surface area (Å²) in [7, 11) is 0. The summed E-state index contributed by atoms with van der Waals surface area (Å²) >= 11 is 0. The molecule has 100 valence electrons. The zero-order valence-corrected chi connectivity index (χ0v) is 11.5. The molecule has 1 rings (SSSR count). The average Bonchev–Trinajstić information content (AvgIpc) is 2.25. The van der Waals surface area contributed by atoms with Crippen LogP contribution in [-0.4, -0.2) is 35.6 Å². The molecule has 1 fully saturated rings. The lowest BCUT2D eigenvalue weighted by Gasteiger charge is -2.34. The van der Waals surface area contributed by atoms with Gasteiger partial charge in [-0.15, -0.1) is 0 Å². The maximum atomic E-state index is 11.0. The van der Waals surface area contributed by atoms with Crippen molar-refractivity contribution >= 4 is 5.97 Å². The molecule has 1 aliphatic rings. The quantitative estimate of drug-likeness (QED) is 0.777. The maximum Gasteiger partial charge on any atom is 0.306 e. The predicted octanol–water partition coefficient (Wildman–Crippen LogP) is 2.86. The van der Waals surface area contributed by atoms with E-state index < -0.39 is 5.97 Å². The molecule has 3 heteroatoms. The second kappa shape index (κ2) is 7.00. The Balaban J connectivity index is 2.40. The van der Waals surface area contributed by atoms with E-state index in [2.05, 4.69) is 18.7 Å². The number of rotatable bonds is 6. The molecule has 1 heterocycles. The van der Waals surface area contributed by atoms with Crippen LogP contribution in [0.2, 0.25) is 0 Å². The summed E-state index contributed by atoms with van der Waals surface area (Å²) in [5, 5.41) is 9.10. The van der Waals surface area contributed by atoms with Gasteiger partial charge in [-0.05, 0) is 44.1 Å². The van der Waals surface area contributed by atoms with Gasteiger partial charge in [0.05, 0.1) is 5.92 Å². The van der Waals surface area contributed by atoms with Crippen LogP contribution in [-0.2, 0) is 4.79 Å². The van der Waals surface area contributed by atoms with Crippen LogP contribution in [0.5, 0.6) is 0 Å². The third-order valence-corrected chi connectivity index (χ3v) is 3.69. The Morgan fingerprint density at radius 2 is 2.18 bits per heavy atom. The Hall–Kier alpha value is -0.570. The van der Waals surface area contributed by atoms with Gasteiger partial charge in [0.15, 0.2) is 0 Å². The van der Waals surface area contributed by atoms with Crippen LogP contribution in [0.4, 0.5) is 0 Å². The van der Waals surface area contributed by atoms with Crippen molar-refractivity contribution in [2.45, 2.75) is 46.5 Å². The van der Waals surface area contributed by atoms with E-state index in [1.54, 1.807) is 0 Å². The van der Waals surface area contributed by atoms with Crippen LogP contribution in [0.15, 0.2) is 0 Å². The Morgan fingerprint density at radius 1 is 1.47 bits per heavy atom. The van der Waals surface area contributed by atoms with Gasteiger partial charge in [0.2, 0.25) is 0 Å². The molecule has 0 aromatic rings. The molecular formula is C14H27NO2. The fraction of sp³-hybridized carbons (Fsp3) is 0.929. The normalized spacial score (nSPS) is 23.9. The van der Waals surface area contributed by atoms with Gasteiger partial charge in [-0.25, -0.2) is 0 Å². The van der Waals surface area contributed by atoms with E-state index in [9.17, 15) is 4.79 Å². The molecule has 0 amide bonds. The molecule has 2 atom stereocenters. The molecule has 0 aromatic heterocycles. The molecule has 17 heavy (non-hydrogen) atoms. The number of carboxylic acid groups (broad SMARTS) is 1. The van der Waals surface area contributed by atoms with Gasteiger partial charge < -0.3 is 10.0 Å². The topological polar surface area (TPSA) is 40.5 Å². The highest BCUT2D eigenvalue weighted by Gasteiger charge is 2.25. The molecule has 3 nitrogen and oxygen atoms in total. The van der Waals surface area contributed by atoms with E-state index in [1.807, 2.05) is 6.92 Å². The fourth-order valence-corrected chi connectivity index (χ4v) is 2.87. The van der Waals surface area contributed by atoms with Crippen molar-refractivity contribution in [1.29, 1.82) is 0 Å². The zero-order chi connectivity index (χ0) is 12.8. The van der Waals surface area contributed by atoms with Gasteiger partial charge in [-0.2, -0.15) is 0 Å². The van der Waals surface area contributed by atoms with Crippen LogP contribution in [0.25, 0.3) is 0 Å². The van der Waals surface area contributed by atoms with Crippen molar-refractivity contribution in [2.24, 2.45) is 17.8 Å². The molecule has 2 unspecified atom stereocenters. The summed E-state index contributed by atoms with van der Waals surface area (Å²) in [5.41, 5.74) is 0. The second-order valence-electron chi connectivity index (χ2n) is 5.84. The van der Waals surface area contributed by atoms with Crippen molar-refractivity contribution < 1.29 is 9.90 Å². The van der Waals surface area contributed by atoms with Crippen molar-refractivity contribution in [1.82, 2.24) is 4.90 Å². The Bertz CT molecular complexity index is 240. The highest BCUT2D eigenvalue weighted by atomic mass is 16.4. The van der Waals surface area contributed by atoms with E-state index in [4.69, 9.17) is 5.11 Å². The SMILES string of the molecule is CCC(CC1CCCN(CC(C)C)C1)C(=O)O. The minimum atomic E-state index is -0.617. The number of piperidine rings is 1. The standard InChI is InChI=1S/C14H27NO2/c1-4-13(14(16)17)8-12-6-5-7-15(10-12)9-11(2)3/h11-13H,4-10H2,1-3H3,(H,16,17). The first-order valence-corrected chi connectivity index (χ1v) is 6.98. The van der Waals surface area contributed by atoms with Gasteiger partial charge in [0, 0.05) is 13.1 Å². The number of hydrogen-bond donors (Lipinski definition) is 1. The first-order valence-electron chi connectivity index (χ1n) is 6.98. The van der Waals surface area contributed by atoms with Crippen molar-refractivity contribution in [3.8, 4) is 0 Å². The summed E-state index contributed by atoms with van der Waals surface area (Å²) < 4.78 is 0. The van der Waals surface area contributed by atoms with E-state index >= 15 is 0 Å². The Morgan fingerprint density at radius 3 is 2.71 bits per heavy atom. The summed E-state index contributed by atoms with van der Waals surface area (Å²) in [4.78, 5) is 13.6. The Kier molecular flexibility index (Phi) is 5.96. The maximum absolute atomic E-state index is 11.0. The number of aliphatic carboxylic acids is 1. The fourth-order valence-electron chi connectivity index (χ4n) is 2.87. The van der Waals surface area contributed by atoms with Crippen LogP contribution >= 0.6 is 0 Å². The number of hydrogen-bond acceptors (Lipinski definition) is 2.